The van der Waals surface area contributed by atoms with Crippen molar-refractivity contribution in [1.82, 2.24) is 0 Å². The van der Waals surface area contributed by atoms with Crippen molar-refractivity contribution in [2.24, 2.45) is 11.8 Å². The first-order valence-corrected chi connectivity index (χ1v) is 17.7. The molecule has 2 heterocycles. The first kappa shape index (κ1) is 38.1. The van der Waals surface area contributed by atoms with Gasteiger partial charge in [0, 0.05) is 24.0 Å². The summed E-state index contributed by atoms with van der Waals surface area (Å²) in [7, 11) is 9.16. The molecule has 10 nitrogen and oxygen atoms in total. The molecule has 0 aliphatic rings. The van der Waals surface area contributed by atoms with Crippen molar-refractivity contribution in [3.8, 4) is 56.8 Å². The summed E-state index contributed by atoms with van der Waals surface area (Å²) in [6.45, 7) is 12.2. The Hall–Kier alpha value is -5.12. The third-order valence-electron chi connectivity index (χ3n) is 9.30. The van der Waals surface area contributed by atoms with Gasteiger partial charge in [0.2, 0.25) is 22.4 Å². The summed E-state index contributed by atoms with van der Waals surface area (Å²) >= 11 is 0. The molecule has 0 bridgehead atoms. The SMILES string of the molecule is CCc1oc2c(CC(C)C)c(OC)c(OC)c(OC)c2c(=O)c1-c1ccc(-c2c(CC)oc3c(CC(C)C)c(OC)c(OC)c(OC)c3c2=O)cc1. The highest BCUT2D eigenvalue weighted by molar-refractivity contribution is 5.96. The van der Waals surface area contributed by atoms with E-state index in [0.29, 0.717) is 93.6 Å². The number of hydrogen-bond acceptors (Lipinski definition) is 10. The molecule has 10 heteroatoms. The first-order valence-electron chi connectivity index (χ1n) is 17.7. The van der Waals surface area contributed by atoms with Gasteiger partial charge in [0.15, 0.2) is 23.0 Å². The maximum Gasteiger partial charge on any atom is 0.204 e. The molecule has 0 N–H and O–H groups in total. The lowest BCUT2D eigenvalue weighted by Crippen LogP contribution is -2.14. The standard InChI is InChI=1S/C42H50O10/c1-13-27-29(33(43)31-35(51-27)25(19-21(3)4)37(45-7)41(49-11)39(31)47-9)23-15-17-24(18-16-23)30-28(14-2)52-36-26(20-22(5)6)38(46-8)42(50-12)40(48-10)32(36)34(30)44/h15-18,21-22H,13-14,19-20H2,1-12H3. The second-order valence-electron chi connectivity index (χ2n) is 13.5. The number of aryl methyl sites for hydroxylation is 2. The monoisotopic (exact) mass is 714 g/mol. The number of methoxy groups -OCH3 is 6. The van der Waals surface area contributed by atoms with E-state index < -0.39 is 0 Å². The minimum absolute atomic E-state index is 0.239. The fourth-order valence-electron chi connectivity index (χ4n) is 7.18. The van der Waals surface area contributed by atoms with E-state index in [2.05, 4.69) is 27.7 Å². The van der Waals surface area contributed by atoms with Gasteiger partial charge < -0.3 is 37.3 Å². The maximum atomic E-state index is 14.6. The number of hydrogen-bond donors (Lipinski definition) is 0. The molecule has 3 aromatic carbocycles. The van der Waals surface area contributed by atoms with Crippen LogP contribution in [-0.4, -0.2) is 42.7 Å². The summed E-state index contributed by atoms with van der Waals surface area (Å²) in [6, 6.07) is 7.31. The summed E-state index contributed by atoms with van der Waals surface area (Å²) in [6.07, 6.45) is 2.10. The van der Waals surface area contributed by atoms with Crippen molar-refractivity contribution in [1.29, 1.82) is 0 Å². The Morgan fingerprint density at radius 2 is 0.808 bits per heavy atom. The smallest absolute Gasteiger partial charge is 0.204 e. The molecule has 0 radical (unpaired) electrons. The zero-order valence-corrected chi connectivity index (χ0v) is 32.4. The van der Waals surface area contributed by atoms with Crippen molar-refractivity contribution in [2.45, 2.75) is 67.2 Å². The molecular weight excluding hydrogens is 664 g/mol. The van der Waals surface area contributed by atoms with Gasteiger partial charge in [-0.3, -0.25) is 9.59 Å². The fourth-order valence-corrected chi connectivity index (χ4v) is 7.18. The van der Waals surface area contributed by atoms with E-state index in [1.165, 1.54) is 28.4 Å². The normalized spacial score (nSPS) is 11.5. The highest BCUT2D eigenvalue weighted by Gasteiger charge is 2.31. The van der Waals surface area contributed by atoms with Gasteiger partial charge in [0.25, 0.3) is 0 Å². The summed E-state index contributed by atoms with van der Waals surface area (Å²) in [4.78, 5) is 29.2. The molecule has 5 aromatic rings. The zero-order chi connectivity index (χ0) is 38.0. The Morgan fingerprint density at radius 1 is 0.500 bits per heavy atom. The Kier molecular flexibility index (Phi) is 11.5. The molecule has 0 spiro atoms. The van der Waals surface area contributed by atoms with Crippen LogP contribution in [0.1, 0.15) is 64.2 Å². The fraction of sp³-hybridized carbons (Fsp3) is 0.429. The predicted molar refractivity (Wildman–Crippen MR) is 205 cm³/mol. The second kappa shape index (κ2) is 15.6. The van der Waals surface area contributed by atoms with E-state index in [0.717, 1.165) is 11.1 Å². The van der Waals surface area contributed by atoms with Crippen molar-refractivity contribution in [3.63, 3.8) is 0 Å². The summed E-state index contributed by atoms with van der Waals surface area (Å²) < 4.78 is 47.9. The van der Waals surface area contributed by atoms with Gasteiger partial charge in [0.05, 0.1) is 53.8 Å². The molecular formula is C42H50O10. The van der Waals surface area contributed by atoms with Crippen LogP contribution in [-0.2, 0) is 25.7 Å². The summed E-state index contributed by atoms with van der Waals surface area (Å²) in [5, 5.41) is 0.563. The number of fused-ring (bicyclic) bond motifs is 2. The lowest BCUT2D eigenvalue weighted by Gasteiger charge is -2.21. The zero-order valence-electron chi connectivity index (χ0n) is 32.4. The number of rotatable bonds is 14. The van der Waals surface area contributed by atoms with Gasteiger partial charge in [-0.15, -0.1) is 0 Å². The Bertz CT molecular complexity index is 2060. The van der Waals surface area contributed by atoms with Crippen LogP contribution in [0.5, 0.6) is 34.5 Å². The minimum Gasteiger partial charge on any atom is -0.492 e. The molecule has 0 unspecified atom stereocenters. The predicted octanol–water partition coefficient (Wildman–Crippen LogP) is 8.81. The lowest BCUT2D eigenvalue weighted by atomic mass is 9.93. The van der Waals surface area contributed by atoms with E-state index >= 15 is 0 Å². The van der Waals surface area contributed by atoms with Crippen LogP contribution in [0.4, 0.5) is 0 Å². The van der Waals surface area contributed by atoms with Crippen LogP contribution < -0.4 is 39.3 Å². The van der Waals surface area contributed by atoms with Crippen molar-refractivity contribution < 1.29 is 37.3 Å². The highest BCUT2D eigenvalue weighted by Crippen LogP contribution is 2.49. The van der Waals surface area contributed by atoms with E-state index in [9.17, 15) is 9.59 Å². The average molecular weight is 715 g/mol. The minimum atomic E-state index is -0.253. The van der Waals surface area contributed by atoms with Crippen LogP contribution in [0, 0.1) is 11.8 Å². The van der Waals surface area contributed by atoms with E-state index in [1.807, 2.05) is 38.1 Å². The molecule has 52 heavy (non-hydrogen) atoms. The van der Waals surface area contributed by atoms with Crippen molar-refractivity contribution in [2.75, 3.05) is 42.7 Å². The molecule has 278 valence electrons. The number of benzene rings is 3. The first-order chi connectivity index (χ1) is 25.0. The average Bonchev–Trinajstić information content (AvgIpc) is 3.13. The van der Waals surface area contributed by atoms with Crippen molar-refractivity contribution >= 4 is 21.9 Å². The van der Waals surface area contributed by atoms with Gasteiger partial charge in [-0.25, -0.2) is 0 Å². The third-order valence-corrected chi connectivity index (χ3v) is 9.30. The topological polar surface area (TPSA) is 116 Å². The third kappa shape index (κ3) is 6.33. The molecule has 0 saturated carbocycles. The quantitative estimate of drug-likeness (QED) is 0.111. The second-order valence-corrected chi connectivity index (χ2v) is 13.5. The Morgan fingerprint density at radius 3 is 1.06 bits per heavy atom. The van der Waals surface area contributed by atoms with Gasteiger partial charge >= 0.3 is 0 Å². The summed E-state index contributed by atoms with van der Waals surface area (Å²) in [5.74, 6) is 3.64. The largest absolute Gasteiger partial charge is 0.492 e. The Labute approximate surface area is 304 Å². The van der Waals surface area contributed by atoms with Crippen LogP contribution in [0.2, 0.25) is 0 Å². The van der Waals surface area contributed by atoms with E-state index in [1.54, 1.807) is 14.2 Å². The van der Waals surface area contributed by atoms with E-state index in [4.69, 9.17) is 37.3 Å². The van der Waals surface area contributed by atoms with Crippen LogP contribution >= 0.6 is 0 Å². The van der Waals surface area contributed by atoms with Gasteiger partial charge in [-0.1, -0.05) is 65.8 Å². The molecule has 2 aromatic heterocycles. The molecule has 5 rings (SSSR count). The van der Waals surface area contributed by atoms with Gasteiger partial charge in [0.1, 0.15) is 33.5 Å². The molecule has 0 amide bonds. The van der Waals surface area contributed by atoms with Gasteiger partial charge in [-0.2, -0.15) is 0 Å². The highest BCUT2D eigenvalue weighted by atomic mass is 16.5. The maximum absolute atomic E-state index is 14.6. The molecule has 0 fully saturated rings. The number of ether oxygens (including phenoxy) is 6. The van der Waals surface area contributed by atoms with Crippen LogP contribution in [0.15, 0.2) is 42.7 Å². The van der Waals surface area contributed by atoms with Crippen LogP contribution in [0.3, 0.4) is 0 Å². The van der Waals surface area contributed by atoms with Crippen LogP contribution in [0.25, 0.3) is 44.2 Å². The Balaban J connectivity index is 1.79. The van der Waals surface area contributed by atoms with E-state index in [-0.39, 0.29) is 45.0 Å². The summed E-state index contributed by atoms with van der Waals surface area (Å²) in [5.41, 5.74) is 3.89. The molecule has 0 saturated heterocycles. The lowest BCUT2D eigenvalue weighted by molar-refractivity contribution is 0.323. The molecule has 0 aliphatic carbocycles. The van der Waals surface area contributed by atoms with Crippen molar-refractivity contribution in [3.05, 3.63) is 67.4 Å². The van der Waals surface area contributed by atoms with Gasteiger partial charge in [-0.05, 0) is 35.8 Å². The molecule has 0 aliphatic heterocycles. The molecule has 0 atom stereocenters.